The zero-order valence-corrected chi connectivity index (χ0v) is 20.7. The van der Waals surface area contributed by atoms with Crippen molar-refractivity contribution in [2.45, 2.75) is 26.0 Å². The average Bonchev–Trinajstić information content (AvgIpc) is 3.28. The number of anilines is 2. The molecule has 1 aliphatic rings. The average molecular weight is 553 g/mol. The van der Waals surface area contributed by atoms with Gasteiger partial charge in [-0.25, -0.2) is 32.9 Å². The summed E-state index contributed by atoms with van der Waals surface area (Å²) in [6.07, 6.45) is -2.65. The summed E-state index contributed by atoms with van der Waals surface area (Å²) in [5.74, 6) is -3.57. The first-order valence-corrected chi connectivity index (χ1v) is 11.7. The van der Waals surface area contributed by atoms with Crippen LogP contribution in [0.1, 0.15) is 6.92 Å². The van der Waals surface area contributed by atoms with Crippen molar-refractivity contribution in [2.24, 2.45) is 7.05 Å². The second kappa shape index (κ2) is 11.1. The maximum absolute atomic E-state index is 15.2. The number of ether oxygens (including phenoxy) is 1. The number of aromatic nitrogens is 4. The molecule has 0 bridgehead atoms. The van der Waals surface area contributed by atoms with Crippen LogP contribution in [-0.2, 0) is 23.1 Å². The van der Waals surface area contributed by atoms with E-state index in [1.807, 2.05) is 5.32 Å². The summed E-state index contributed by atoms with van der Waals surface area (Å²) in [6.45, 7) is 0.939. The van der Waals surface area contributed by atoms with Crippen molar-refractivity contribution in [3.8, 4) is 0 Å². The van der Waals surface area contributed by atoms with Gasteiger partial charge in [0.2, 0.25) is 0 Å². The van der Waals surface area contributed by atoms with Crippen molar-refractivity contribution in [1.29, 1.82) is 0 Å². The minimum atomic E-state index is -3.24. The summed E-state index contributed by atoms with van der Waals surface area (Å²) < 4.78 is 62.2. The largest absolute Gasteiger partial charge is 0.442 e. The number of amides is 2. The van der Waals surface area contributed by atoms with Crippen LogP contribution in [0, 0.1) is 11.6 Å². The summed E-state index contributed by atoms with van der Waals surface area (Å²) in [5.41, 5.74) is -1.99. The van der Waals surface area contributed by atoms with E-state index in [0.29, 0.717) is 0 Å². The van der Waals surface area contributed by atoms with E-state index in [0.717, 1.165) is 26.4 Å². The zero-order chi connectivity index (χ0) is 28.4. The lowest BCUT2D eigenvalue weighted by Gasteiger charge is -2.26. The molecule has 0 radical (unpaired) electrons. The third-order valence-electron chi connectivity index (χ3n) is 6.16. The van der Waals surface area contributed by atoms with Crippen molar-refractivity contribution in [3.63, 3.8) is 0 Å². The third kappa shape index (κ3) is 5.39. The summed E-state index contributed by atoms with van der Waals surface area (Å²) in [6, 6.07) is 1.83. The molecule has 2 aromatic heterocycles. The fourth-order valence-corrected chi connectivity index (χ4v) is 4.21. The van der Waals surface area contributed by atoms with Crippen LogP contribution in [0.5, 0.6) is 0 Å². The molecule has 1 fully saturated rings. The Kier molecular flexibility index (Phi) is 7.83. The third-order valence-corrected chi connectivity index (χ3v) is 6.16. The highest BCUT2D eigenvalue weighted by Crippen LogP contribution is 2.31. The molecular formula is C23H23F4N7O5. The molecule has 39 heavy (non-hydrogen) atoms. The molecule has 1 atom stereocenters. The summed E-state index contributed by atoms with van der Waals surface area (Å²) >= 11 is 0. The summed E-state index contributed by atoms with van der Waals surface area (Å²) in [5, 5.41) is 1.92. The first kappa shape index (κ1) is 27.5. The highest BCUT2D eigenvalue weighted by atomic mass is 19.3. The van der Waals surface area contributed by atoms with Crippen molar-refractivity contribution < 1.29 is 31.9 Å². The van der Waals surface area contributed by atoms with E-state index in [1.54, 1.807) is 6.92 Å². The Morgan fingerprint density at radius 1 is 1.13 bits per heavy atom. The molecule has 1 aliphatic heterocycles. The minimum absolute atomic E-state index is 0.0691. The molecule has 208 valence electrons. The molecule has 16 heteroatoms. The van der Waals surface area contributed by atoms with Crippen LogP contribution in [0.3, 0.4) is 0 Å². The molecule has 12 nitrogen and oxygen atoms in total. The molecule has 4 rings (SSSR count). The van der Waals surface area contributed by atoms with Gasteiger partial charge < -0.3 is 15.0 Å². The van der Waals surface area contributed by atoms with Gasteiger partial charge in [0.1, 0.15) is 11.8 Å². The van der Waals surface area contributed by atoms with Crippen LogP contribution < -0.4 is 26.2 Å². The lowest BCUT2D eigenvalue weighted by Crippen LogP contribution is -2.41. The lowest BCUT2D eigenvalue weighted by atomic mass is 10.2. The molecule has 2 amide bonds. The summed E-state index contributed by atoms with van der Waals surface area (Å²) in [4.78, 5) is 58.8. The van der Waals surface area contributed by atoms with Gasteiger partial charge in [-0.1, -0.05) is 0 Å². The molecule has 0 unspecified atom stereocenters. The molecule has 0 saturated carbocycles. The zero-order valence-electron chi connectivity index (χ0n) is 20.7. The van der Waals surface area contributed by atoms with Gasteiger partial charge in [-0.2, -0.15) is 8.78 Å². The Bertz CT molecular complexity index is 1520. The fraction of sp³-hybridized carbons (Fsp3) is 0.391. The van der Waals surface area contributed by atoms with Crippen LogP contribution in [0.4, 0.5) is 33.7 Å². The molecular weight excluding hydrogens is 530 g/mol. The van der Waals surface area contributed by atoms with Crippen LogP contribution in [0.2, 0.25) is 0 Å². The second-order valence-electron chi connectivity index (χ2n) is 8.51. The van der Waals surface area contributed by atoms with Crippen molar-refractivity contribution in [3.05, 3.63) is 56.9 Å². The minimum Gasteiger partial charge on any atom is -0.442 e. The van der Waals surface area contributed by atoms with Gasteiger partial charge in [0, 0.05) is 44.7 Å². The predicted octanol–water partition coefficient (Wildman–Crippen LogP) is 1.00. The van der Waals surface area contributed by atoms with Crippen molar-refractivity contribution in [1.82, 2.24) is 24.6 Å². The Morgan fingerprint density at radius 3 is 2.33 bits per heavy atom. The van der Waals surface area contributed by atoms with Gasteiger partial charge in [-0.05, 0) is 6.92 Å². The summed E-state index contributed by atoms with van der Waals surface area (Å²) in [7, 11) is 1.37. The highest BCUT2D eigenvalue weighted by molar-refractivity contribution is 5.90. The van der Waals surface area contributed by atoms with Crippen LogP contribution in [0.25, 0.3) is 11.0 Å². The number of benzene rings is 1. The molecule has 0 aliphatic carbocycles. The van der Waals surface area contributed by atoms with Gasteiger partial charge in [0.05, 0.1) is 25.3 Å². The molecule has 3 aromatic rings. The number of cyclic esters (lactones) is 1. The lowest BCUT2D eigenvalue weighted by molar-refractivity contribution is -0.132. The van der Waals surface area contributed by atoms with Gasteiger partial charge in [-0.3, -0.25) is 19.3 Å². The number of carbonyl (C=O) groups is 2. The Labute approximate surface area is 217 Å². The van der Waals surface area contributed by atoms with E-state index in [-0.39, 0.29) is 42.9 Å². The van der Waals surface area contributed by atoms with Gasteiger partial charge >= 0.3 is 12.5 Å². The Hall–Kier alpha value is -4.50. The monoisotopic (exact) mass is 553 g/mol. The fourth-order valence-electron chi connectivity index (χ4n) is 4.21. The number of rotatable bonds is 9. The number of fused-ring (bicyclic) bond motifs is 1. The second-order valence-corrected chi connectivity index (χ2v) is 8.51. The van der Waals surface area contributed by atoms with E-state index in [9.17, 15) is 28.0 Å². The molecule has 0 spiro atoms. The SMILES string of the molecule is CCN(CCn1c(=O)c2nccnc2c(=O)n1C)c1c(F)cc(N2C[C@H](CNC(=O)C(F)F)OC2=O)cc1F. The number of nitrogens with zero attached hydrogens (tertiary/aromatic N) is 6. The Morgan fingerprint density at radius 2 is 1.74 bits per heavy atom. The standard InChI is InChI=1S/C23H23F4N7O5/c1-3-32(6-7-34-22(37)17-16(21(36)31(34)2)28-4-5-29-17)18-14(24)8-12(9-15(18)25)33-11-13(39-23(33)38)10-30-20(35)19(26)27/h4-5,8-9,13,19H,3,6-7,10-11H2,1-2H3,(H,30,35)/t13-/m0/s1. The maximum Gasteiger partial charge on any atom is 0.414 e. The topological polar surface area (TPSA) is 132 Å². The molecule has 1 saturated heterocycles. The number of likely N-dealkylation sites (N-methyl/N-ethyl adjacent to an activating group) is 1. The normalized spacial score (nSPS) is 15.2. The van der Waals surface area contributed by atoms with Crippen molar-refractivity contribution >= 4 is 34.4 Å². The van der Waals surface area contributed by atoms with Gasteiger partial charge in [-0.15, -0.1) is 0 Å². The Balaban J connectivity index is 1.53. The maximum atomic E-state index is 15.2. The predicted molar refractivity (Wildman–Crippen MR) is 130 cm³/mol. The highest BCUT2D eigenvalue weighted by Gasteiger charge is 2.34. The smallest absolute Gasteiger partial charge is 0.414 e. The van der Waals surface area contributed by atoms with E-state index in [1.165, 1.54) is 24.3 Å². The van der Waals surface area contributed by atoms with E-state index in [2.05, 4.69) is 9.97 Å². The molecule has 1 aromatic carbocycles. The van der Waals surface area contributed by atoms with Crippen LogP contribution in [-0.4, -0.2) is 70.0 Å². The van der Waals surface area contributed by atoms with E-state index >= 15 is 8.78 Å². The first-order valence-electron chi connectivity index (χ1n) is 11.7. The van der Waals surface area contributed by atoms with E-state index in [4.69, 9.17) is 4.74 Å². The van der Waals surface area contributed by atoms with Crippen LogP contribution in [0.15, 0.2) is 34.1 Å². The number of alkyl halides is 2. The quantitative estimate of drug-likeness (QED) is 0.389. The van der Waals surface area contributed by atoms with E-state index < -0.39 is 59.5 Å². The molecule has 3 heterocycles. The first-order chi connectivity index (χ1) is 18.5. The number of hydrogen-bond donors (Lipinski definition) is 1. The number of carbonyl (C=O) groups excluding carboxylic acids is 2. The number of hydrogen-bond acceptors (Lipinski definition) is 8. The number of nitrogens with one attached hydrogen (secondary N) is 1. The molecule has 1 N–H and O–H groups in total. The van der Waals surface area contributed by atoms with Crippen molar-refractivity contribution in [2.75, 3.05) is 36.0 Å². The van der Waals surface area contributed by atoms with Gasteiger partial charge in [0.25, 0.3) is 17.0 Å². The van der Waals surface area contributed by atoms with Gasteiger partial charge in [0.15, 0.2) is 22.7 Å². The van der Waals surface area contributed by atoms with Crippen LogP contribution >= 0.6 is 0 Å². The number of halogens is 4.